The van der Waals surface area contributed by atoms with E-state index in [1.807, 2.05) is 12.1 Å². The lowest BCUT2D eigenvalue weighted by atomic mass is 9.63. The Bertz CT molecular complexity index is 931. The highest BCUT2D eigenvalue weighted by Gasteiger charge is 2.37. The standard InChI is InChI=1S/C23H28N2O3/c1-22(2)11-12-23(3,4)18-13-15(9-10-17(18)22)25(20(26)14-24)19-8-6-5-7-16(19)21(27)28/h5-10,13H,11-12,14,24H2,1-4H3,(H,27,28). The molecule has 0 saturated heterocycles. The number of hydrogen-bond donors (Lipinski definition) is 2. The Kier molecular flexibility index (Phi) is 5.06. The SMILES string of the molecule is CC1(C)CCC(C)(C)c2cc(N(C(=O)CN)c3ccccc3C(=O)O)ccc21. The van der Waals surface area contributed by atoms with E-state index in [-0.39, 0.29) is 28.8 Å². The molecule has 2 aromatic carbocycles. The van der Waals surface area contributed by atoms with Crippen LogP contribution in [0.4, 0.5) is 11.4 Å². The summed E-state index contributed by atoms with van der Waals surface area (Å²) in [7, 11) is 0. The van der Waals surface area contributed by atoms with Crippen LogP contribution in [0.5, 0.6) is 0 Å². The van der Waals surface area contributed by atoms with Crippen LogP contribution < -0.4 is 10.6 Å². The lowest BCUT2D eigenvalue weighted by molar-refractivity contribution is -0.116. The third kappa shape index (κ3) is 3.42. The molecular weight excluding hydrogens is 352 g/mol. The van der Waals surface area contributed by atoms with Crippen molar-refractivity contribution in [3.8, 4) is 0 Å². The second-order valence-corrected chi connectivity index (χ2v) is 8.75. The number of carboxylic acids is 1. The molecule has 5 heteroatoms. The molecule has 0 unspecified atom stereocenters. The second-order valence-electron chi connectivity index (χ2n) is 8.75. The van der Waals surface area contributed by atoms with Gasteiger partial charge < -0.3 is 10.8 Å². The van der Waals surface area contributed by atoms with Gasteiger partial charge in [-0.05, 0) is 59.1 Å². The summed E-state index contributed by atoms with van der Waals surface area (Å²) in [5, 5.41) is 9.59. The van der Waals surface area contributed by atoms with Crippen LogP contribution in [-0.4, -0.2) is 23.5 Å². The predicted octanol–water partition coefficient (Wildman–Crippen LogP) is 4.36. The summed E-state index contributed by atoms with van der Waals surface area (Å²) in [5.41, 5.74) is 9.23. The molecule has 0 atom stereocenters. The molecule has 0 heterocycles. The average molecular weight is 380 g/mol. The highest BCUT2D eigenvalue weighted by molar-refractivity contribution is 6.07. The number of benzene rings is 2. The van der Waals surface area contributed by atoms with E-state index >= 15 is 0 Å². The van der Waals surface area contributed by atoms with Gasteiger partial charge in [-0.3, -0.25) is 9.69 Å². The van der Waals surface area contributed by atoms with Gasteiger partial charge in [0.15, 0.2) is 0 Å². The first-order valence-corrected chi connectivity index (χ1v) is 9.59. The number of carbonyl (C=O) groups excluding carboxylic acids is 1. The van der Waals surface area contributed by atoms with E-state index in [4.69, 9.17) is 5.73 Å². The van der Waals surface area contributed by atoms with Gasteiger partial charge >= 0.3 is 5.97 Å². The fraction of sp³-hybridized carbons (Fsp3) is 0.391. The molecular formula is C23H28N2O3. The minimum absolute atomic E-state index is 0.0232. The van der Waals surface area contributed by atoms with E-state index in [0.29, 0.717) is 11.4 Å². The number of nitrogens with two attached hydrogens (primary N) is 1. The average Bonchev–Trinajstić information content (AvgIpc) is 2.66. The zero-order valence-corrected chi connectivity index (χ0v) is 17.0. The van der Waals surface area contributed by atoms with Gasteiger partial charge in [-0.2, -0.15) is 0 Å². The van der Waals surface area contributed by atoms with Crippen molar-refractivity contribution in [1.82, 2.24) is 0 Å². The van der Waals surface area contributed by atoms with Crippen LogP contribution in [0.15, 0.2) is 42.5 Å². The molecule has 1 aliphatic rings. The van der Waals surface area contributed by atoms with Crippen LogP contribution >= 0.6 is 0 Å². The minimum Gasteiger partial charge on any atom is -0.478 e. The fourth-order valence-electron chi connectivity index (χ4n) is 4.07. The van der Waals surface area contributed by atoms with E-state index in [0.717, 1.165) is 12.8 Å². The summed E-state index contributed by atoms with van der Waals surface area (Å²) in [5.74, 6) is -1.42. The number of carboxylic acid groups (broad SMARTS) is 1. The summed E-state index contributed by atoms with van der Waals surface area (Å²) in [4.78, 5) is 25.9. The zero-order valence-electron chi connectivity index (χ0n) is 17.0. The maximum atomic E-state index is 12.8. The number of hydrogen-bond acceptors (Lipinski definition) is 3. The number of fused-ring (bicyclic) bond motifs is 1. The third-order valence-corrected chi connectivity index (χ3v) is 5.89. The highest BCUT2D eigenvalue weighted by Crippen LogP contribution is 2.47. The quantitative estimate of drug-likeness (QED) is 0.826. The lowest BCUT2D eigenvalue weighted by Crippen LogP contribution is -2.36. The Balaban J connectivity index is 2.22. The molecule has 5 nitrogen and oxygen atoms in total. The van der Waals surface area contributed by atoms with Gasteiger partial charge in [0, 0.05) is 5.69 Å². The highest BCUT2D eigenvalue weighted by atomic mass is 16.4. The van der Waals surface area contributed by atoms with Gasteiger partial charge in [0.1, 0.15) is 0 Å². The van der Waals surface area contributed by atoms with Gasteiger partial charge in [-0.25, -0.2) is 4.79 Å². The Morgan fingerprint density at radius 3 is 2.21 bits per heavy atom. The number of carbonyl (C=O) groups is 2. The predicted molar refractivity (Wildman–Crippen MR) is 111 cm³/mol. The van der Waals surface area contributed by atoms with Crippen LogP contribution in [0.25, 0.3) is 0 Å². The Morgan fingerprint density at radius 1 is 1.00 bits per heavy atom. The Morgan fingerprint density at radius 2 is 1.61 bits per heavy atom. The van der Waals surface area contributed by atoms with E-state index in [1.54, 1.807) is 18.2 Å². The third-order valence-electron chi connectivity index (χ3n) is 5.89. The number of aromatic carboxylic acids is 1. The summed E-state index contributed by atoms with van der Waals surface area (Å²) in [6, 6.07) is 12.5. The number of anilines is 2. The Labute approximate surface area is 166 Å². The minimum atomic E-state index is -1.08. The number of nitrogens with zero attached hydrogens (tertiary/aromatic N) is 1. The van der Waals surface area contributed by atoms with Crippen molar-refractivity contribution in [3.63, 3.8) is 0 Å². The van der Waals surface area contributed by atoms with Gasteiger partial charge in [-0.15, -0.1) is 0 Å². The number of para-hydroxylation sites is 1. The van der Waals surface area contributed by atoms with E-state index < -0.39 is 5.97 Å². The Hall–Kier alpha value is -2.66. The molecule has 0 aromatic heterocycles. The van der Waals surface area contributed by atoms with Crippen molar-refractivity contribution in [1.29, 1.82) is 0 Å². The zero-order chi connectivity index (χ0) is 20.7. The van der Waals surface area contributed by atoms with Crippen molar-refractivity contribution in [2.24, 2.45) is 5.73 Å². The van der Waals surface area contributed by atoms with Crippen LogP contribution in [-0.2, 0) is 15.6 Å². The molecule has 0 fully saturated rings. The van der Waals surface area contributed by atoms with Crippen molar-refractivity contribution in [2.45, 2.75) is 51.4 Å². The van der Waals surface area contributed by atoms with E-state index in [9.17, 15) is 14.7 Å². The molecule has 148 valence electrons. The second kappa shape index (κ2) is 7.06. The molecule has 0 bridgehead atoms. The molecule has 2 aromatic rings. The number of rotatable bonds is 4. The molecule has 0 radical (unpaired) electrons. The summed E-state index contributed by atoms with van der Waals surface area (Å²) >= 11 is 0. The van der Waals surface area contributed by atoms with Crippen molar-refractivity contribution < 1.29 is 14.7 Å². The summed E-state index contributed by atoms with van der Waals surface area (Å²) in [6.07, 6.45) is 2.15. The van der Waals surface area contributed by atoms with Crippen molar-refractivity contribution >= 4 is 23.3 Å². The van der Waals surface area contributed by atoms with Crippen LogP contribution in [0.2, 0.25) is 0 Å². The molecule has 3 N–H and O–H groups in total. The monoisotopic (exact) mass is 380 g/mol. The van der Waals surface area contributed by atoms with Crippen molar-refractivity contribution in [3.05, 3.63) is 59.2 Å². The molecule has 0 saturated carbocycles. The van der Waals surface area contributed by atoms with E-state index in [2.05, 4.69) is 33.8 Å². The molecule has 0 aliphatic heterocycles. The van der Waals surface area contributed by atoms with Gasteiger partial charge in [0.2, 0.25) is 5.91 Å². The topological polar surface area (TPSA) is 83.6 Å². The first kappa shape index (κ1) is 20.1. The lowest BCUT2D eigenvalue weighted by Gasteiger charge is -2.42. The van der Waals surface area contributed by atoms with Gasteiger partial charge in [0.05, 0.1) is 17.8 Å². The maximum Gasteiger partial charge on any atom is 0.337 e. The fourth-order valence-corrected chi connectivity index (χ4v) is 4.07. The summed E-state index contributed by atoms with van der Waals surface area (Å²) < 4.78 is 0. The van der Waals surface area contributed by atoms with Crippen LogP contribution in [0.1, 0.15) is 62.0 Å². The van der Waals surface area contributed by atoms with Crippen LogP contribution in [0.3, 0.4) is 0 Å². The smallest absolute Gasteiger partial charge is 0.337 e. The van der Waals surface area contributed by atoms with E-state index in [1.165, 1.54) is 22.1 Å². The first-order chi connectivity index (χ1) is 13.1. The first-order valence-electron chi connectivity index (χ1n) is 9.59. The molecule has 1 aliphatic carbocycles. The van der Waals surface area contributed by atoms with Crippen LogP contribution in [0, 0.1) is 0 Å². The number of amides is 1. The normalized spacial score (nSPS) is 16.9. The van der Waals surface area contributed by atoms with Gasteiger partial charge in [0.25, 0.3) is 0 Å². The van der Waals surface area contributed by atoms with Crippen molar-refractivity contribution in [2.75, 3.05) is 11.4 Å². The largest absolute Gasteiger partial charge is 0.478 e. The summed E-state index contributed by atoms with van der Waals surface area (Å²) in [6.45, 7) is 8.70. The molecule has 28 heavy (non-hydrogen) atoms. The molecule has 1 amide bonds. The van der Waals surface area contributed by atoms with Gasteiger partial charge in [-0.1, -0.05) is 45.9 Å². The molecule has 3 rings (SSSR count). The molecule has 0 spiro atoms. The maximum absolute atomic E-state index is 12.8.